The maximum atomic E-state index is 6.71. The molecule has 0 atom stereocenters. The lowest BCUT2D eigenvalue weighted by Gasteiger charge is -2.11. The van der Waals surface area contributed by atoms with E-state index in [0.717, 1.165) is 76.9 Å². The zero-order valence-corrected chi connectivity index (χ0v) is 30.0. The van der Waals surface area contributed by atoms with Gasteiger partial charge in [0.15, 0.2) is 17.5 Å². The quantitative estimate of drug-likeness (QED) is 0.181. The van der Waals surface area contributed by atoms with Gasteiger partial charge in [-0.3, -0.25) is 0 Å². The molecule has 0 saturated carbocycles. The number of para-hydroxylation sites is 1. The van der Waals surface area contributed by atoms with E-state index in [0.29, 0.717) is 17.5 Å². The number of hydrogen-bond acceptors (Lipinski definition) is 6. The summed E-state index contributed by atoms with van der Waals surface area (Å²) < 4.78 is 15.7. The van der Waals surface area contributed by atoms with Crippen LogP contribution in [0.15, 0.2) is 173 Å². The van der Waals surface area contributed by atoms with Crippen molar-refractivity contribution < 1.29 is 8.83 Å². The Morgan fingerprint density at radius 3 is 1.75 bits per heavy atom. The highest BCUT2D eigenvalue weighted by Gasteiger charge is 2.22. The van der Waals surface area contributed by atoms with E-state index in [2.05, 4.69) is 97.1 Å². The third-order valence-corrected chi connectivity index (χ3v) is 11.9. The zero-order valence-electron chi connectivity index (χ0n) is 29.2. The summed E-state index contributed by atoms with van der Waals surface area (Å²) in [7, 11) is 0. The van der Waals surface area contributed by atoms with Crippen LogP contribution in [0, 0.1) is 0 Å². The Labute approximate surface area is 317 Å². The van der Waals surface area contributed by atoms with Crippen LogP contribution in [0.25, 0.3) is 120 Å². The van der Waals surface area contributed by atoms with Gasteiger partial charge < -0.3 is 8.83 Å². The summed E-state index contributed by atoms with van der Waals surface area (Å²) in [5.41, 5.74) is 8.51. The van der Waals surface area contributed by atoms with Crippen molar-refractivity contribution in [1.29, 1.82) is 0 Å². The standard InChI is InChI=1S/C49H27N3O2S/c1-3-13-28(14-4-1)47-50-48(29-15-5-2-6-16-29)52-49(51-47)37-27-41-43(33-19-8-7-17-31(33)37)38-25-30(23-24-40(38)53-41)35-26-36-32-18-9-11-21-39(32)54-45(36)44-34-20-10-12-22-42(34)55-46(35)44/h1-27H. The van der Waals surface area contributed by atoms with Gasteiger partial charge in [-0.15, -0.1) is 11.3 Å². The number of aromatic nitrogens is 3. The Kier molecular flexibility index (Phi) is 6.44. The van der Waals surface area contributed by atoms with Crippen LogP contribution in [-0.4, -0.2) is 15.0 Å². The molecule has 6 heteroatoms. The van der Waals surface area contributed by atoms with Crippen LogP contribution in [0.4, 0.5) is 0 Å². The lowest BCUT2D eigenvalue weighted by atomic mass is 9.95. The van der Waals surface area contributed by atoms with Crippen molar-refractivity contribution in [2.75, 3.05) is 0 Å². The second-order valence-corrected chi connectivity index (χ2v) is 14.9. The lowest BCUT2D eigenvalue weighted by molar-refractivity contribution is 0.669. The molecule has 4 aromatic heterocycles. The molecule has 12 aromatic rings. The Hall–Kier alpha value is -7.15. The molecule has 0 N–H and O–H groups in total. The number of furan rings is 2. The molecule has 0 bridgehead atoms. The van der Waals surface area contributed by atoms with E-state index < -0.39 is 0 Å². The van der Waals surface area contributed by atoms with E-state index in [1.54, 1.807) is 0 Å². The number of rotatable bonds is 4. The van der Waals surface area contributed by atoms with Gasteiger partial charge in [0.1, 0.15) is 22.3 Å². The van der Waals surface area contributed by atoms with Gasteiger partial charge in [-0.1, -0.05) is 127 Å². The number of fused-ring (bicyclic) bond motifs is 12. The molecule has 8 aromatic carbocycles. The van der Waals surface area contributed by atoms with Crippen LogP contribution in [-0.2, 0) is 0 Å². The van der Waals surface area contributed by atoms with Crippen molar-refractivity contribution >= 4 is 86.2 Å². The fourth-order valence-corrected chi connectivity index (χ4v) is 9.44. The molecule has 12 rings (SSSR count). The Morgan fingerprint density at radius 1 is 0.364 bits per heavy atom. The molecule has 4 heterocycles. The van der Waals surface area contributed by atoms with E-state index in [1.165, 1.54) is 25.7 Å². The minimum Gasteiger partial charge on any atom is -0.456 e. The Balaban J connectivity index is 1.11. The van der Waals surface area contributed by atoms with Crippen LogP contribution < -0.4 is 0 Å². The minimum absolute atomic E-state index is 0.597. The monoisotopic (exact) mass is 721 g/mol. The van der Waals surface area contributed by atoms with Crippen LogP contribution in [0.1, 0.15) is 0 Å². The smallest absolute Gasteiger partial charge is 0.164 e. The number of hydrogen-bond donors (Lipinski definition) is 0. The summed E-state index contributed by atoms with van der Waals surface area (Å²) in [6.07, 6.45) is 0. The van der Waals surface area contributed by atoms with Crippen LogP contribution >= 0.6 is 11.3 Å². The molecule has 0 amide bonds. The molecular weight excluding hydrogens is 695 g/mol. The van der Waals surface area contributed by atoms with Crippen molar-refractivity contribution in [2.45, 2.75) is 0 Å². The first-order valence-corrected chi connectivity index (χ1v) is 19.1. The van der Waals surface area contributed by atoms with Crippen LogP contribution in [0.5, 0.6) is 0 Å². The van der Waals surface area contributed by atoms with Crippen LogP contribution in [0.2, 0.25) is 0 Å². The first-order valence-electron chi connectivity index (χ1n) is 18.3. The normalized spacial score (nSPS) is 12.0. The minimum atomic E-state index is 0.597. The highest BCUT2D eigenvalue weighted by Crippen LogP contribution is 2.48. The number of benzene rings is 8. The topological polar surface area (TPSA) is 65.0 Å². The summed E-state index contributed by atoms with van der Waals surface area (Å²) >= 11 is 1.82. The van der Waals surface area contributed by atoms with Gasteiger partial charge in [0.25, 0.3) is 0 Å². The predicted octanol–water partition coefficient (Wildman–Crippen LogP) is 13.9. The fourth-order valence-electron chi connectivity index (χ4n) is 8.20. The molecule has 0 saturated heterocycles. The third-order valence-electron chi connectivity index (χ3n) is 10.7. The summed E-state index contributed by atoms with van der Waals surface area (Å²) in [6, 6.07) is 56.6. The molecule has 0 aliphatic carbocycles. The summed E-state index contributed by atoms with van der Waals surface area (Å²) in [4.78, 5) is 15.1. The number of thiophene rings is 1. The Bertz CT molecular complexity index is 3430. The van der Waals surface area contributed by atoms with Gasteiger partial charge in [0.05, 0.1) is 0 Å². The van der Waals surface area contributed by atoms with Gasteiger partial charge in [-0.25, -0.2) is 15.0 Å². The average Bonchev–Trinajstić information content (AvgIpc) is 3.95. The largest absolute Gasteiger partial charge is 0.456 e. The first-order chi connectivity index (χ1) is 27.2. The highest BCUT2D eigenvalue weighted by atomic mass is 32.1. The first kappa shape index (κ1) is 30.3. The van der Waals surface area contributed by atoms with Gasteiger partial charge in [-0.2, -0.15) is 0 Å². The van der Waals surface area contributed by atoms with E-state index in [9.17, 15) is 0 Å². The van der Waals surface area contributed by atoms with Gasteiger partial charge in [0.2, 0.25) is 0 Å². The second-order valence-electron chi connectivity index (χ2n) is 13.9. The molecule has 0 aliphatic heterocycles. The SMILES string of the molecule is c1ccc(-c2nc(-c3ccccc3)nc(-c3cc4oc5ccc(-c6cc7c8ccccc8oc7c7c6sc6ccccc67)cc5c4c4ccccc34)n2)cc1. The molecule has 256 valence electrons. The summed E-state index contributed by atoms with van der Waals surface area (Å²) in [5, 5.41) is 8.88. The van der Waals surface area contributed by atoms with E-state index >= 15 is 0 Å². The molecule has 0 fully saturated rings. The van der Waals surface area contributed by atoms with Crippen molar-refractivity contribution in [3.8, 4) is 45.3 Å². The lowest BCUT2D eigenvalue weighted by Crippen LogP contribution is -2.00. The molecule has 0 spiro atoms. The molecule has 55 heavy (non-hydrogen) atoms. The molecule has 0 unspecified atom stereocenters. The van der Waals surface area contributed by atoms with Gasteiger partial charge >= 0.3 is 0 Å². The molecule has 5 nitrogen and oxygen atoms in total. The number of nitrogens with zero attached hydrogens (tertiary/aromatic N) is 3. The molecule has 0 aliphatic rings. The van der Waals surface area contributed by atoms with Crippen molar-refractivity contribution in [3.05, 3.63) is 164 Å². The zero-order chi connectivity index (χ0) is 36.0. The predicted molar refractivity (Wildman–Crippen MR) is 227 cm³/mol. The highest BCUT2D eigenvalue weighted by molar-refractivity contribution is 7.26. The van der Waals surface area contributed by atoms with E-state index in [4.69, 9.17) is 23.8 Å². The van der Waals surface area contributed by atoms with E-state index in [1.807, 2.05) is 78.1 Å². The van der Waals surface area contributed by atoms with Crippen molar-refractivity contribution in [3.63, 3.8) is 0 Å². The molecule has 0 radical (unpaired) electrons. The van der Waals surface area contributed by atoms with Crippen LogP contribution in [0.3, 0.4) is 0 Å². The fraction of sp³-hybridized carbons (Fsp3) is 0. The van der Waals surface area contributed by atoms with E-state index in [-0.39, 0.29) is 0 Å². The maximum absolute atomic E-state index is 6.71. The van der Waals surface area contributed by atoms with Gasteiger partial charge in [0, 0.05) is 64.0 Å². The maximum Gasteiger partial charge on any atom is 0.164 e. The molecular formula is C49H27N3O2S. The second kappa shape index (κ2) is 11.7. The summed E-state index contributed by atoms with van der Waals surface area (Å²) in [6.45, 7) is 0. The van der Waals surface area contributed by atoms with Crippen molar-refractivity contribution in [2.24, 2.45) is 0 Å². The third kappa shape index (κ3) is 4.62. The average molecular weight is 722 g/mol. The summed E-state index contributed by atoms with van der Waals surface area (Å²) in [5.74, 6) is 1.84. The van der Waals surface area contributed by atoms with Crippen molar-refractivity contribution in [1.82, 2.24) is 15.0 Å². The van der Waals surface area contributed by atoms with Gasteiger partial charge in [-0.05, 0) is 52.7 Å². The Morgan fingerprint density at radius 2 is 0.982 bits per heavy atom.